The van der Waals surface area contributed by atoms with E-state index < -0.39 is 11.9 Å². The summed E-state index contributed by atoms with van der Waals surface area (Å²) >= 11 is 5.71. The number of rotatable bonds is 4. The molecule has 0 bridgehead atoms. The number of methoxy groups -OCH3 is 1. The molecule has 1 N–H and O–H groups in total. The van der Waals surface area contributed by atoms with Gasteiger partial charge in [0.25, 0.3) is 0 Å². The van der Waals surface area contributed by atoms with Crippen LogP contribution in [-0.4, -0.2) is 12.2 Å². The Morgan fingerprint density at radius 3 is 2.35 bits per heavy atom. The van der Waals surface area contributed by atoms with Crippen LogP contribution < -0.4 is 9.47 Å². The third-order valence-corrected chi connectivity index (χ3v) is 3.09. The van der Waals surface area contributed by atoms with Crippen molar-refractivity contribution in [3.05, 3.63) is 52.8 Å². The number of hydrogen-bond donors (Lipinski definition) is 1. The van der Waals surface area contributed by atoms with Crippen LogP contribution in [0, 0.1) is 5.82 Å². The number of benzene rings is 2. The van der Waals surface area contributed by atoms with Crippen LogP contribution in [0.5, 0.6) is 17.2 Å². The van der Waals surface area contributed by atoms with E-state index >= 15 is 0 Å². The predicted octanol–water partition coefficient (Wildman–Crippen LogP) is 4.33. The molecule has 3 nitrogen and oxygen atoms in total. The quantitative estimate of drug-likeness (QED) is 0.912. The molecule has 0 radical (unpaired) electrons. The Morgan fingerprint density at radius 1 is 1.10 bits per heavy atom. The Kier molecular flexibility index (Phi) is 4.47. The molecule has 0 unspecified atom stereocenters. The Hall–Kier alpha value is -1.78. The van der Waals surface area contributed by atoms with Crippen molar-refractivity contribution >= 4 is 11.6 Å². The summed E-state index contributed by atoms with van der Waals surface area (Å²) in [5.41, 5.74) is 0.453. The number of hydrogen-bond acceptors (Lipinski definition) is 3. The van der Waals surface area contributed by atoms with E-state index in [-0.39, 0.29) is 10.8 Å². The maximum Gasteiger partial charge on any atom is 0.184 e. The van der Waals surface area contributed by atoms with Crippen molar-refractivity contribution in [1.29, 1.82) is 0 Å². The molecule has 2 aromatic rings. The van der Waals surface area contributed by atoms with Crippen molar-refractivity contribution in [2.24, 2.45) is 0 Å². The average Bonchev–Trinajstić information content (AvgIpc) is 2.43. The summed E-state index contributed by atoms with van der Waals surface area (Å²) in [6.07, 6.45) is -0.816. The van der Waals surface area contributed by atoms with Gasteiger partial charge in [-0.2, -0.15) is 0 Å². The summed E-state index contributed by atoms with van der Waals surface area (Å²) in [6.45, 7) is 1.58. The second-order valence-corrected chi connectivity index (χ2v) is 4.61. The fourth-order valence-electron chi connectivity index (χ4n) is 1.88. The predicted molar refractivity (Wildman–Crippen MR) is 75.1 cm³/mol. The molecule has 0 amide bonds. The lowest BCUT2D eigenvalue weighted by molar-refractivity contribution is 0.190. The minimum absolute atomic E-state index is 0.00680. The zero-order valence-corrected chi connectivity index (χ0v) is 11.8. The standard InChI is InChI=1S/C15H14ClFO3/c1-9(18)14-11(19-2)6-4-7-12(14)20-13-8-3-5-10(16)15(13)17/h3-9,18H,1-2H3/t9-/m0/s1. The molecular weight excluding hydrogens is 283 g/mol. The summed E-state index contributed by atoms with van der Waals surface area (Å²) in [7, 11) is 1.49. The number of aliphatic hydroxyl groups excluding tert-OH is 1. The van der Waals surface area contributed by atoms with Crippen LogP contribution in [0.15, 0.2) is 36.4 Å². The molecule has 0 spiro atoms. The van der Waals surface area contributed by atoms with Gasteiger partial charge in [0.2, 0.25) is 0 Å². The summed E-state index contributed by atoms with van der Waals surface area (Å²) in [5.74, 6) is 0.140. The third-order valence-electron chi connectivity index (χ3n) is 2.80. The third kappa shape index (κ3) is 2.86. The smallest absolute Gasteiger partial charge is 0.184 e. The second kappa shape index (κ2) is 6.11. The van der Waals surface area contributed by atoms with Crippen molar-refractivity contribution in [3.63, 3.8) is 0 Å². The zero-order valence-electron chi connectivity index (χ0n) is 11.1. The van der Waals surface area contributed by atoms with Crippen molar-refractivity contribution in [2.45, 2.75) is 13.0 Å². The lowest BCUT2D eigenvalue weighted by Crippen LogP contribution is -2.00. The van der Waals surface area contributed by atoms with Gasteiger partial charge in [-0.3, -0.25) is 0 Å². The molecule has 0 saturated heterocycles. The molecule has 0 heterocycles. The molecule has 2 rings (SSSR count). The normalized spacial score (nSPS) is 12.1. The van der Waals surface area contributed by atoms with E-state index in [0.717, 1.165) is 0 Å². The van der Waals surface area contributed by atoms with Crippen molar-refractivity contribution in [2.75, 3.05) is 7.11 Å². The van der Waals surface area contributed by atoms with Gasteiger partial charge in [-0.25, -0.2) is 4.39 Å². The van der Waals surface area contributed by atoms with E-state index in [1.165, 1.54) is 19.2 Å². The number of aliphatic hydroxyl groups is 1. The van der Waals surface area contributed by atoms with Gasteiger partial charge in [-0.05, 0) is 31.2 Å². The van der Waals surface area contributed by atoms with Crippen molar-refractivity contribution in [1.82, 2.24) is 0 Å². The van der Waals surface area contributed by atoms with Gasteiger partial charge < -0.3 is 14.6 Å². The molecule has 2 aromatic carbocycles. The molecule has 0 saturated carbocycles. The topological polar surface area (TPSA) is 38.7 Å². The van der Waals surface area contributed by atoms with Gasteiger partial charge in [0, 0.05) is 0 Å². The summed E-state index contributed by atoms with van der Waals surface area (Å²) in [4.78, 5) is 0. The maximum atomic E-state index is 13.9. The largest absolute Gasteiger partial charge is 0.496 e. The Balaban J connectivity index is 2.46. The first-order valence-electron chi connectivity index (χ1n) is 6.01. The minimum Gasteiger partial charge on any atom is -0.496 e. The first-order chi connectivity index (χ1) is 9.54. The van der Waals surface area contributed by atoms with Gasteiger partial charge in [0.1, 0.15) is 11.5 Å². The van der Waals surface area contributed by atoms with Crippen LogP contribution in [0.4, 0.5) is 4.39 Å². The Labute approximate surface area is 121 Å². The van der Waals surface area contributed by atoms with Crippen LogP contribution >= 0.6 is 11.6 Å². The van der Waals surface area contributed by atoms with E-state index in [9.17, 15) is 9.50 Å². The van der Waals surface area contributed by atoms with Crippen molar-refractivity contribution < 1.29 is 19.0 Å². The fourth-order valence-corrected chi connectivity index (χ4v) is 2.05. The molecule has 0 aliphatic heterocycles. The monoisotopic (exact) mass is 296 g/mol. The molecule has 0 aliphatic carbocycles. The molecule has 20 heavy (non-hydrogen) atoms. The van der Waals surface area contributed by atoms with Gasteiger partial charge >= 0.3 is 0 Å². The highest BCUT2D eigenvalue weighted by Gasteiger charge is 2.17. The van der Waals surface area contributed by atoms with Crippen LogP contribution in [0.3, 0.4) is 0 Å². The summed E-state index contributed by atoms with van der Waals surface area (Å²) in [5, 5.41) is 9.81. The van der Waals surface area contributed by atoms with E-state index in [1.54, 1.807) is 31.2 Å². The first-order valence-corrected chi connectivity index (χ1v) is 6.39. The summed E-state index contributed by atoms with van der Waals surface area (Å²) < 4.78 is 24.6. The lowest BCUT2D eigenvalue weighted by atomic mass is 10.1. The van der Waals surface area contributed by atoms with E-state index in [1.807, 2.05) is 0 Å². The zero-order chi connectivity index (χ0) is 14.7. The van der Waals surface area contributed by atoms with Crippen LogP contribution in [0.2, 0.25) is 5.02 Å². The SMILES string of the molecule is COc1cccc(Oc2cccc(Cl)c2F)c1[C@H](C)O. The minimum atomic E-state index is -0.816. The highest BCUT2D eigenvalue weighted by molar-refractivity contribution is 6.30. The first kappa shape index (κ1) is 14.6. The molecule has 0 fully saturated rings. The maximum absolute atomic E-state index is 13.9. The van der Waals surface area contributed by atoms with Gasteiger partial charge in [0.05, 0.1) is 23.8 Å². The second-order valence-electron chi connectivity index (χ2n) is 4.20. The lowest BCUT2D eigenvalue weighted by Gasteiger charge is -2.16. The highest BCUT2D eigenvalue weighted by Crippen LogP contribution is 2.37. The van der Waals surface area contributed by atoms with Gasteiger partial charge in [-0.1, -0.05) is 23.7 Å². The Bertz CT molecular complexity index is 614. The molecule has 5 heteroatoms. The number of ether oxygens (including phenoxy) is 2. The highest BCUT2D eigenvalue weighted by atomic mass is 35.5. The van der Waals surface area contributed by atoms with Gasteiger partial charge in [-0.15, -0.1) is 0 Å². The Morgan fingerprint density at radius 2 is 1.70 bits per heavy atom. The van der Waals surface area contributed by atoms with Crippen LogP contribution in [0.25, 0.3) is 0 Å². The average molecular weight is 297 g/mol. The molecule has 1 atom stereocenters. The van der Waals surface area contributed by atoms with Crippen molar-refractivity contribution in [3.8, 4) is 17.2 Å². The molecule has 106 valence electrons. The van der Waals surface area contributed by atoms with Crippen LogP contribution in [0.1, 0.15) is 18.6 Å². The van der Waals surface area contributed by atoms with E-state index in [4.69, 9.17) is 21.1 Å². The number of halogens is 2. The van der Waals surface area contributed by atoms with E-state index in [0.29, 0.717) is 17.1 Å². The van der Waals surface area contributed by atoms with Gasteiger partial charge in [0.15, 0.2) is 11.6 Å². The molecule has 0 aromatic heterocycles. The molecular formula is C15H14ClFO3. The van der Waals surface area contributed by atoms with E-state index in [2.05, 4.69) is 0 Å². The molecule has 0 aliphatic rings. The van der Waals surface area contributed by atoms with Crippen LogP contribution in [-0.2, 0) is 0 Å². The fraction of sp³-hybridized carbons (Fsp3) is 0.200. The summed E-state index contributed by atoms with van der Waals surface area (Å²) in [6, 6.07) is 9.51.